The summed E-state index contributed by atoms with van der Waals surface area (Å²) in [5, 5.41) is 11.0. The molecule has 0 spiro atoms. The third-order valence-electron chi connectivity index (χ3n) is 3.51. The smallest absolute Gasteiger partial charge is 0.260 e. The fourth-order valence-corrected chi connectivity index (χ4v) is 2.50. The molecule has 0 bridgehead atoms. The van der Waals surface area contributed by atoms with Gasteiger partial charge in [0.15, 0.2) is 5.60 Å². The van der Waals surface area contributed by atoms with E-state index in [1.54, 1.807) is 31.3 Å². The topological polar surface area (TPSA) is 66.6 Å². The fraction of sp³-hybridized carbons (Fsp3) is 0.286. The van der Waals surface area contributed by atoms with Crippen molar-refractivity contribution in [3.63, 3.8) is 0 Å². The minimum absolute atomic E-state index is 0.238. The van der Waals surface area contributed by atoms with Crippen LogP contribution in [0.15, 0.2) is 34.9 Å². The quantitative estimate of drug-likeness (QED) is 0.920. The van der Waals surface area contributed by atoms with E-state index >= 15 is 0 Å². The lowest BCUT2D eigenvalue weighted by Crippen LogP contribution is -2.36. The molecule has 6 heteroatoms. The summed E-state index contributed by atoms with van der Waals surface area (Å²) in [7, 11) is 1.65. The molecule has 3 rings (SSSR count). The Morgan fingerprint density at radius 1 is 1.50 bits per heavy atom. The van der Waals surface area contributed by atoms with Crippen molar-refractivity contribution in [1.82, 2.24) is 9.88 Å². The summed E-state index contributed by atoms with van der Waals surface area (Å²) in [6.07, 6.45) is 1.64. The zero-order chi connectivity index (χ0) is 14.3. The van der Waals surface area contributed by atoms with Gasteiger partial charge in [-0.3, -0.25) is 4.79 Å². The second-order valence-electron chi connectivity index (χ2n) is 4.89. The van der Waals surface area contributed by atoms with Crippen LogP contribution in [0, 0.1) is 0 Å². The molecule has 5 nitrogen and oxygen atoms in total. The number of carbonyl (C=O) groups excluding carboxylic acids is 1. The van der Waals surface area contributed by atoms with Gasteiger partial charge in [0, 0.05) is 30.6 Å². The van der Waals surface area contributed by atoms with Crippen molar-refractivity contribution in [1.29, 1.82) is 0 Å². The number of benzene rings is 1. The average molecular weight is 293 g/mol. The van der Waals surface area contributed by atoms with Crippen molar-refractivity contribution in [2.75, 3.05) is 13.6 Å². The lowest BCUT2D eigenvalue weighted by Gasteiger charge is -2.17. The Kier molecular flexibility index (Phi) is 3.03. The summed E-state index contributed by atoms with van der Waals surface area (Å²) in [4.78, 5) is 17.7. The number of hydrogen-bond donors (Lipinski definition) is 1. The number of aromatic nitrogens is 1. The average Bonchev–Trinajstić information content (AvgIpc) is 3.02. The molecule has 1 fully saturated rings. The van der Waals surface area contributed by atoms with Crippen LogP contribution in [0.1, 0.15) is 12.1 Å². The first kappa shape index (κ1) is 13.1. The van der Waals surface area contributed by atoms with Crippen LogP contribution in [0.2, 0.25) is 5.02 Å². The Hall–Kier alpha value is -1.85. The summed E-state index contributed by atoms with van der Waals surface area (Å²) in [5.74, 6) is -0.0262. The molecule has 1 amide bonds. The molecule has 20 heavy (non-hydrogen) atoms. The van der Waals surface area contributed by atoms with Crippen LogP contribution in [0.4, 0.5) is 0 Å². The highest BCUT2D eigenvalue weighted by Gasteiger charge is 2.47. The normalized spacial score (nSPS) is 22.6. The highest BCUT2D eigenvalue weighted by Crippen LogP contribution is 2.33. The van der Waals surface area contributed by atoms with E-state index in [1.165, 1.54) is 11.2 Å². The number of rotatable bonds is 2. The van der Waals surface area contributed by atoms with Gasteiger partial charge in [-0.25, -0.2) is 4.98 Å². The van der Waals surface area contributed by atoms with Crippen LogP contribution in [0.5, 0.6) is 0 Å². The lowest BCUT2D eigenvalue weighted by atomic mass is 9.99. The molecule has 2 heterocycles. The van der Waals surface area contributed by atoms with Crippen LogP contribution in [-0.4, -0.2) is 34.5 Å². The van der Waals surface area contributed by atoms with Gasteiger partial charge in [-0.2, -0.15) is 0 Å². The molecule has 1 atom stereocenters. The second-order valence-corrected chi connectivity index (χ2v) is 5.32. The summed E-state index contributed by atoms with van der Waals surface area (Å²) in [6.45, 7) is 0.495. The Morgan fingerprint density at radius 3 is 2.95 bits per heavy atom. The molecule has 1 aromatic carbocycles. The first-order valence-electron chi connectivity index (χ1n) is 6.20. The maximum Gasteiger partial charge on any atom is 0.260 e. The fourth-order valence-electron chi connectivity index (χ4n) is 2.31. The lowest BCUT2D eigenvalue weighted by molar-refractivity contribution is -0.143. The number of oxazole rings is 1. The van der Waals surface area contributed by atoms with Gasteiger partial charge in [-0.1, -0.05) is 17.7 Å². The standard InChI is InChI=1S/C14H13ClN2O3/c1-17-6-5-14(19,13(17)18)11-8-20-12(16-11)9-3-2-4-10(15)7-9/h2-4,7-8,19H,5-6H2,1H3/t14-/m1/s1. The predicted molar refractivity (Wildman–Crippen MR) is 73.1 cm³/mol. The number of halogens is 1. The third-order valence-corrected chi connectivity index (χ3v) is 3.74. The van der Waals surface area contributed by atoms with Crippen molar-refractivity contribution in [3.8, 4) is 11.5 Å². The number of nitrogens with zero attached hydrogens (tertiary/aromatic N) is 2. The second kappa shape index (κ2) is 4.61. The maximum absolute atomic E-state index is 12.0. The van der Waals surface area contributed by atoms with Gasteiger partial charge in [0.05, 0.1) is 0 Å². The largest absolute Gasteiger partial charge is 0.444 e. The monoisotopic (exact) mass is 292 g/mol. The molecular formula is C14H13ClN2O3. The van der Waals surface area contributed by atoms with Crippen LogP contribution >= 0.6 is 11.6 Å². The van der Waals surface area contributed by atoms with Gasteiger partial charge in [0.2, 0.25) is 5.89 Å². The van der Waals surface area contributed by atoms with Crippen LogP contribution in [0.3, 0.4) is 0 Å². The molecule has 1 aromatic heterocycles. The summed E-state index contributed by atoms with van der Waals surface area (Å²) in [6, 6.07) is 7.04. The molecule has 2 aromatic rings. The van der Waals surface area contributed by atoms with E-state index in [0.29, 0.717) is 29.4 Å². The number of likely N-dealkylation sites (N-methyl/N-ethyl adjacent to an activating group) is 1. The van der Waals surface area contributed by atoms with Crippen molar-refractivity contribution in [3.05, 3.63) is 41.2 Å². The zero-order valence-corrected chi connectivity index (χ0v) is 11.6. The number of likely N-dealkylation sites (tertiary alicyclic amines) is 1. The SMILES string of the molecule is CN1CC[C@@](O)(c2coc(-c3cccc(Cl)c3)n2)C1=O. The predicted octanol–water partition coefficient (Wildman–Crippen LogP) is 2.04. The molecule has 1 N–H and O–H groups in total. The number of carbonyl (C=O) groups is 1. The van der Waals surface area contributed by atoms with Crippen molar-refractivity contribution in [2.24, 2.45) is 0 Å². The molecule has 0 aliphatic carbocycles. The van der Waals surface area contributed by atoms with Gasteiger partial charge in [-0.15, -0.1) is 0 Å². The van der Waals surface area contributed by atoms with E-state index in [1.807, 2.05) is 0 Å². The highest BCUT2D eigenvalue weighted by molar-refractivity contribution is 6.30. The number of amides is 1. The Labute approximate surface area is 120 Å². The molecule has 0 saturated carbocycles. The van der Waals surface area contributed by atoms with E-state index in [2.05, 4.69) is 4.98 Å². The molecule has 104 valence electrons. The Balaban J connectivity index is 1.97. The van der Waals surface area contributed by atoms with E-state index in [-0.39, 0.29) is 11.6 Å². The summed E-state index contributed by atoms with van der Waals surface area (Å²) in [5.41, 5.74) is -0.650. The van der Waals surface area contributed by atoms with E-state index in [0.717, 1.165) is 0 Å². The molecule has 1 aliphatic heterocycles. The van der Waals surface area contributed by atoms with E-state index < -0.39 is 5.60 Å². The van der Waals surface area contributed by atoms with Crippen LogP contribution < -0.4 is 0 Å². The summed E-state index contributed by atoms with van der Waals surface area (Å²) >= 11 is 5.92. The van der Waals surface area contributed by atoms with Gasteiger partial charge >= 0.3 is 0 Å². The van der Waals surface area contributed by atoms with E-state index in [9.17, 15) is 9.90 Å². The van der Waals surface area contributed by atoms with Crippen LogP contribution in [0.25, 0.3) is 11.5 Å². The minimum Gasteiger partial charge on any atom is -0.444 e. The zero-order valence-electron chi connectivity index (χ0n) is 10.8. The third kappa shape index (κ3) is 1.99. The molecule has 0 unspecified atom stereocenters. The highest BCUT2D eigenvalue weighted by atomic mass is 35.5. The first-order valence-corrected chi connectivity index (χ1v) is 6.58. The summed E-state index contributed by atoms with van der Waals surface area (Å²) < 4.78 is 5.37. The van der Waals surface area contributed by atoms with Crippen molar-refractivity contribution < 1.29 is 14.3 Å². The first-order chi connectivity index (χ1) is 9.50. The Morgan fingerprint density at radius 2 is 2.30 bits per heavy atom. The van der Waals surface area contributed by atoms with Crippen LogP contribution in [-0.2, 0) is 10.4 Å². The van der Waals surface area contributed by atoms with Crippen molar-refractivity contribution in [2.45, 2.75) is 12.0 Å². The van der Waals surface area contributed by atoms with Gasteiger partial charge < -0.3 is 14.4 Å². The Bertz CT molecular complexity index is 670. The van der Waals surface area contributed by atoms with Gasteiger partial charge in [-0.05, 0) is 18.2 Å². The maximum atomic E-state index is 12.0. The molecule has 1 saturated heterocycles. The van der Waals surface area contributed by atoms with E-state index in [4.69, 9.17) is 16.0 Å². The minimum atomic E-state index is -1.59. The molecule has 0 radical (unpaired) electrons. The van der Waals surface area contributed by atoms with Gasteiger partial charge in [0.25, 0.3) is 5.91 Å². The number of aliphatic hydroxyl groups is 1. The van der Waals surface area contributed by atoms with Crippen molar-refractivity contribution >= 4 is 17.5 Å². The molecular weight excluding hydrogens is 280 g/mol. The number of hydrogen-bond acceptors (Lipinski definition) is 4. The molecule has 1 aliphatic rings. The van der Waals surface area contributed by atoms with Gasteiger partial charge in [0.1, 0.15) is 12.0 Å².